The molecule has 3 rings (SSSR count). The first-order valence-corrected chi connectivity index (χ1v) is 8.18. The van der Waals surface area contributed by atoms with Crippen molar-refractivity contribution in [2.75, 3.05) is 0 Å². The van der Waals surface area contributed by atoms with Crippen LogP contribution in [0.15, 0.2) is 34.7 Å². The van der Waals surface area contributed by atoms with Crippen LogP contribution >= 0.6 is 0 Å². The SMILES string of the molecule is CC(=O)c1c(C)[nH]c(C(=O)OC(C)c2nnc(-c3ccccc3)o2)c1C. The number of aromatic nitrogens is 3. The normalized spacial score (nSPS) is 12.0. The molecule has 2 heterocycles. The quantitative estimate of drug-likeness (QED) is 0.553. The van der Waals surface area contributed by atoms with Crippen molar-refractivity contribution in [1.29, 1.82) is 0 Å². The summed E-state index contributed by atoms with van der Waals surface area (Å²) in [4.78, 5) is 27.1. The van der Waals surface area contributed by atoms with E-state index in [-0.39, 0.29) is 17.4 Å². The van der Waals surface area contributed by atoms with Crippen LogP contribution in [-0.2, 0) is 4.74 Å². The van der Waals surface area contributed by atoms with E-state index in [0.717, 1.165) is 5.56 Å². The van der Waals surface area contributed by atoms with Crippen LogP contribution in [0.4, 0.5) is 0 Å². The standard InChI is InChI=1S/C19H19N3O4/c1-10-15(12(3)23)11(2)20-16(10)19(24)25-13(4)17-21-22-18(26-17)14-8-6-5-7-9-14/h5-9,13,20H,1-4H3. The van der Waals surface area contributed by atoms with Crippen LogP contribution in [0.2, 0.25) is 0 Å². The van der Waals surface area contributed by atoms with Crippen molar-refractivity contribution in [2.24, 2.45) is 0 Å². The van der Waals surface area contributed by atoms with E-state index in [2.05, 4.69) is 15.2 Å². The number of ketones is 1. The van der Waals surface area contributed by atoms with Crippen LogP contribution < -0.4 is 0 Å². The van der Waals surface area contributed by atoms with E-state index in [4.69, 9.17) is 9.15 Å². The molecule has 3 aromatic rings. The fourth-order valence-corrected chi connectivity index (χ4v) is 2.85. The van der Waals surface area contributed by atoms with E-state index in [0.29, 0.717) is 22.7 Å². The van der Waals surface area contributed by atoms with Gasteiger partial charge in [-0.2, -0.15) is 0 Å². The number of benzene rings is 1. The Bertz CT molecular complexity index is 957. The molecule has 0 radical (unpaired) electrons. The third-order valence-electron chi connectivity index (χ3n) is 4.09. The molecule has 134 valence electrons. The first-order valence-electron chi connectivity index (χ1n) is 8.18. The van der Waals surface area contributed by atoms with Gasteiger partial charge in [-0.3, -0.25) is 4.79 Å². The molecule has 0 saturated carbocycles. The largest absolute Gasteiger partial charge is 0.448 e. The van der Waals surface area contributed by atoms with Crippen LogP contribution in [0.1, 0.15) is 57.9 Å². The molecule has 0 fully saturated rings. The molecule has 0 aliphatic carbocycles. The Balaban J connectivity index is 1.77. The average Bonchev–Trinajstić information content (AvgIpc) is 3.20. The smallest absolute Gasteiger partial charge is 0.355 e. The molecule has 1 unspecified atom stereocenters. The first kappa shape index (κ1) is 17.6. The Morgan fingerprint density at radius 3 is 2.46 bits per heavy atom. The second kappa shape index (κ2) is 6.95. The van der Waals surface area contributed by atoms with Gasteiger partial charge in [0, 0.05) is 16.8 Å². The number of aryl methyl sites for hydroxylation is 1. The highest BCUT2D eigenvalue weighted by Gasteiger charge is 2.24. The fourth-order valence-electron chi connectivity index (χ4n) is 2.85. The number of nitrogens with one attached hydrogen (secondary N) is 1. The minimum atomic E-state index is -0.726. The highest BCUT2D eigenvalue weighted by Crippen LogP contribution is 2.24. The van der Waals surface area contributed by atoms with Crippen molar-refractivity contribution in [3.05, 3.63) is 58.7 Å². The molecule has 7 heteroatoms. The van der Waals surface area contributed by atoms with E-state index in [1.807, 2.05) is 30.3 Å². The number of H-pyrrole nitrogens is 1. The highest BCUT2D eigenvalue weighted by molar-refractivity contribution is 6.01. The molecule has 0 aliphatic heterocycles. The first-order chi connectivity index (χ1) is 12.4. The Hall–Kier alpha value is -3.22. The van der Waals surface area contributed by atoms with Gasteiger partial charge in [0.1, 0.15) is 5.69 Å². The van der Waals surface area contributed by atoms with Gasteiger partial charge in [-0.15, -0.1) is 10.2 Å². The lowest BCUT2D eigenvalue weighted by molar-refractivity contribution is 0.0272. The van der Waals surface area contributed by atoms with Gasteiger partial charge in [0.25, 0.3) is 5.89 Å². The third-order valence-corrected chi connectivity index (χ3v) is 4.09. The fraction of sp³-hybridized carbons (Fsp3) is 0.263. The van der Waals surface area contributed by atoms with Gasteiger partial charge in [-0.05, 0) is 45.4 Å². The van der Waals surface area contributed by atoms with E-state index in [1.54, 1.807) is 20.8 Å². The molecule has 1 N–H and O–H groups in total. The molecule has 1 atom stereocenters. The zero-order chi connectivity index (χ0) is 18.8. The number of nitrogens with zero attached hydrogens (tertiary/aromatic N) is 2. The van der Waals surface area contributed by atoms with Gasteiger partial charge in [-0.25, -0.2) is 4.79 Å². The van der Waals surface area contributed by atoms with Gasteiger partial charge in [0.2, 0.25) is 5.89 Å². The molecule has 1 aromatic carbocycles. The van der Waals surface area contributed by atoms with Crippen molar-refractivity contribution >= 4 is 11.8 Å². The number of hydrogen-bond donors (Lipinski definition) is 1. The predicted octanol–water partition coefficient (Wildman–Crippen LogP) is 3.80. The number of carbonyl (C=O) groups excluding carboxylic acids is 2. The van der Waals surface area contributed by atoms with Crippen LogP contribution in [0.3, 0.4) is 0 Å². The maximum Gasteiger partial charge on any atom is 0.355 e. The summed E-state index contributed by atoms with van der Waals surface area (Å²) in [5, 5.41) is 7.94. The van der Waals surface area contributed by atoms with Crippen molar-refractivity contribution in [3.8, 4) is 11.5 Å². The Morgan fingerprint density at radius 2 is 1.85 bits per heavy atom. The number of Topliss-reactive ketones (excluding diaryl/α,β-unsaturated/α-hetero) is 1. The minimum absolute atomic E-state index is 0.104. The molecule has 0 amide bonds. The number of carbonyl (C=O) groups is 2. The molecule has 7 nitrogen and oxygen atoms in total. The van der Waals surface area contributed by atoms with Crippen LogP contribution in [0, 0.1) is 13.8 Å². The molecule has 0 aliphatic rings. The summed E-state index contributed by atoms with van der Waals surface area (Å²) in [7, 11) is 0. The third kappa shape index (κ3) is 3.28. The lowest BCUT2D eigenvalue weighted by Crippen LogP contribution is -2.11. The molecule has 0 saturated heterocycles. The van der Waals surface area contributed by atoms with E-state index in [9.17, 15) is 9.59 Å². The summed E-state index contributed by atoms with van der Waals surface area (Å²) in [6.07, 6.45) is -0.726. The topological polar surface area (TPSA) is 98.1 Å². The van der Waals surface area contributed by atoms with Gasteiger partial charge < -0.3 is 14.1 Å². The number of hydrogen-bond acceptors (Lipinski definition) is 6. The number of ether oxygens (including phenoxy) is 1. The minimum Gasteiger partial charge on any atom is -0.448 e. The molecular weight excluding hydrogens is 334 g/mol. The van der Waals surface area contributed by atoms with Gasteiger partial charge in [0.05, 0.1) is 0 Å². The average molecular weight is 353 g/mol. The number of rotatable bonds is 5. The summed E-state index contributed by atoms with van der Waals surface area (Å²) < 4.78 is 11.0. The predicted molar refractivity (Wildman–Crippen MR) is 93.8 cm³/mol. The summed E-state index contributed by atoms with van der Waals surface area (Å²) in [5.41, 5.74) is 2.75. The van der Waals surface area contributed by atoms with Crippen LogP contribution in [0.5, 0.6) is 0 Å². The maximum absolute atomic E-state index is 12.5. The number of aromatic amines is 1. The Morgan fingerprint density at radius 1 is 1.15 bits per heavy atom. The molecule has 0 bridgehead atoms. The second-order valence-corrected chi connectivity index (χ2v) is 6.04. The highest BCUT2D eigenvalue weighted by atomic mass is 16.6. The molecular formula is C19H19N3O4. The summed E-state index contributed by atoms with van der Waals surface area (Å²) in [6.45, 7) is 6.57. The Kier molecular flexibility index (Phi) is 4.71. The van der Waals surface area contributed by atoms with E-state index in [1.165, 1.54) is 6.92 Å². The van der Waals surface area contributed by atoms with Crippen molar-refractivity contribution < 1.29 is 18.7 Å². The van der Waals surface area contributed by atoms with E-state index >= 15 is 0 Å². The lowest BCUT2D eigenvalue weighted by Gasteiger charge is -2.09. The Labute approximate surface area is 150 Å². The second-order valence-electron chi connectivity index (χ2n) is 6.04. The molecule has 2 aromatic heterocycles. The summed E-state index contributed by atoms with van der Waals surface area (Å²) in [5.74, 6) is -0.128. The number of esters is 1. The van der Waals surface area contributed by atoms with E-state index < -0.39 is 12.1 Å². The maximum atomic E-state index is 12.5. The lowest BCUT2D eigenvalue weighted by atomic mass is 10.1. The van der Waals surface area contributed by atoms with Crippen LogP contribution in [0.25, 0.3) is 11.5 Å². The van der Waals surface area contributed by atoms with Crippen molar-refractivity contribution in [2.45, 2.75) is 33.8 Å². The van der Waals surface area contributed by atoms with Crippen molar-refractivity contribution in [1.82, 2.24) is 15.2 Å². The van der Waals surface area contributed by atoms with Crippen molar-refractivity contribution in [3.63, 3.8) is 0 Å². The van der Waals surface area contributed by atoms with Gasteiger partial charge in [0.15, 0.2) is 11.9 Å². The zero-order valence-electron chi connectivity index (χ0n) is 15.0. The molecule has 0 spiro atoms. The van der Waals surface area contributed by atoms with Crippen LogP contribution in [-0.4, -0.2) is 26.9 Å². The summed E-state index contributed by atoms with van der Waals surface area (Å²) >= 11 is 0. The zero-order valence-corrected chi connectivity index (χ0v) is 15.0. The van der Waals surface area contributed by atoms with Gasteiger partial charge in [-0.1, -0.05) is 18.2 Å². The molecule has 26 heavy (non-hydrogen) atoms. The van der Waals surface area contributed by atoms with Gasteiger partial charge >= 0.3 is 5.97 Å². The summed E-state index contributed by atoms with van der Waals surface area (Å²) in [6, 6.07) is 9.32. The monoisotopic (exact) mass is 353 g/mol.